The number of hydrogen-bond acceptors (Lipinski definition) is 7. The summed E-state index contributed by atoms with van der Waals surface area (Å²) in [7, 11) is 3.52. The van der Waals surface area contributed by atoms with Crippen molar-refractivity contribution in [2.24, 2.45) is 0 Å². The smallest absolute Gasteiger partial charge is 0.247 e. The number of aryl methyl sites for hydroxylation is 1. The molecule has 162 valence electrons. The minimum atomic E-state index is -0.289. The van der Waals surface area contributed by atoms with Crippen molar-refractivity contribution < 1.29 is 9.53 Å². The Kier molecular flexibility index (Phi) is 7.22. The normalized spacial score (nSPS) is 10.6. The topological polar surface area (TPSA) is 97.2 Å². The second-order valence-corrected chi connectivity index (χ2v) is 7.09. The van der Waals surface area contributed by atoms with Gasteiger partial charge in [-0.15, -0.1) is 0 Å². The lowest BCUT2D eigenvalue weighted by Crippen LogP contribution is -2.14. The Balaban J connectivity index is 1.82. The largest absolute Gasteiger partial charge is 0.383 e. The Morgan fingerprint density at radius 1 is 1.39 bits per heavy atom. The maximum Gasteiger partial charge on any atom is 0.247 e. The number of nitrogens with zero attached hydrogens (tertiary/aromatic N) is 5. The molecular weight excluding hydrogens is 418 g/mol. The highest BCUT2D eigenvalue weighted by Gasteiger charge is 2.16. The standard InChI is InChI=1S/C21H24ClN7O2/c1-5-19(30)24-15-7-6-8-16(11-15)25-20-17(22)12-23-21(26-20)28(3)18-13-29(9-10-31-4)27-14(18)2/h5-8,11-13H,1,9-10H2,2-4H3,(H,24,30)(H,23,25,26). The van der Waals surface area contributed by atoms with Crippen LogP contribution in [-0.4, -0.2) is 46.4 Å². The molecule has 10 heteroatoms. The molecule has 2 heterocycles. The lowest BCUT2D eigenvalue weighted by molar-refractivity contribution is -0.111. The molecule has 3 aromatic rings. The number of benzene rings is 1. The number of aromatic nitrogens is 4. The Hall–Kier alpha value is -3.43. The molecule has 0 fully saturated rings. The predicted molar refractivity (Wildman–Crippen MR) is 122 cm³/mol. The van der Waals surface area contributed by atoms with Crippen LogP contribution in [0.4, 0.5) is 28.8 Å². The van der Waals surface area contributed by atoms with Crippen LogP contribution in [0.3, 0.4) is 0 Å². The van der Waals surface area contributed by atoms with Crippen LogP contribution in [0.1, 0.15) is 5.69 Å². The first-order chi connectivity index (χ1) is 14.9. The highest BCUT2D eigenvalue weighted by molar-refractivity contribution is 6.32. The second kappa shape index (κ2) is 10.1. The number of nitrogens with one attached hydrogen (secondary N) is 2. The molecule has 3 rings (SSSR count). The van der Waals surface area contributed by atoms with Gasteiger partial charge in [0.2, 0.25) is 11.9 Å². The first-order valence-corrected chi connectivity index (χ1v) is 9.89. The van der Waals surface area contributed by atoms with Crippen LogP contribution in [0, 0.1) is 6.92 Å². The summed E-state index contributed by atoms with van der Waals surface area (Å²) in [6.45, 7) is 6.60. The van der Waals surface area contributed by atoms with Crippen molar-refractivity contribution in [2.75, 3.05) is 36.3 Å². The van der Waals surface area contributed by atoms with Gasteiger partial charge < -0.3 is 20.3 Å². The maximum absolute atomic E-state index is 11.5. The van der Waals surface area contributed by atoms with Crippen molar-refractivity contribution in [2.45, 2.75) is 13.5 Å². The van der Waals surface area contributed by atoms with Gasteiger partial charge in [-0.25, -0.2) is 4.98 Å². The highest BCUT2D eigenvalue weighted by atomic mass is 35.5. The summed E-state index contributed by atoms with van der Waals surface area (Å²) in [5.74, 6) is 0.607. The number of amides is 1. The van der Waals surface area contributed by atoms with Gasteiger partial charge in [0.15, 0.2) is 5.82 Å². The second-order valence-electron chi connectivity index (χ2n) is 6.68. The van der Waals surface area contributed by atoms with Gasteiger partial charge in [0.25, 0.3) is 0 Å². The van der Waals surface area contributed by atoms with E-state index in [4.69, 9.17) is 16.3 Å². The summed E-state index contributed by atoms with van der Waals surface area (Å²) in [6, 6.07) is 7.20. The number of halogens is 1. The summed E-state index contributed by atoms with van der Waals surface area (Å²) >= 11 is 6.32. The molecule has 0 radical (unpaired) electrons. The zero-order valence-electron chi connectivity index (χ0n) is 17.6. The molecule has 0 atom stereocenters. The Labute approximate surface area is 185 Å². The molecule has 0 aliphatic heterocycles. The van der Waals surface area contributed by atoms with Gasteiger partial charge in [-0.3, -0.25) is 9.48 Å². The van der Waals surface area contributed by atoms with E-state index in [0.29, 0.717) is 41.3 Å². The summed E-state index contributed by atoms with van der Waals surface area (Å²) in [5.41, 5.74) is 3.05. The maximum atomic E-state index is 11.5. The monoisotopic (exact) mass is 441 g/mol. The quantitative estimate of drug-likeness (QED) is 0.486. The fraction of sp³-hybridized carbons (Fsp3) is 0.238. The number of anilines is 5. The van der Waals surface area contributed by atoms with Gasteiger partial charge in [-0.05, 0) is 31.2 Å². The lowest BCUT2D eigenvalue weighted by atomic mass is 10.2. The Bertz CT molecular complexity index is 1080. The van der Waals surface area contributed by atoms with Gasteiger partial charge in [-0.2, -0.15) is 10.1 Å². The van der Waals surface area contributed by atoms with Crippen molar-refractivity contribution in [1.82, 2.24) is 19.7 Å². The summed E-state index contributed by atoms with van der Waals surface area (Å²) < 4.78 is 6.93. The van der Waals surface area contributed by atoms with Gasteiger partial charge in [-0.1, -0.05) is 24.2 Å². The molecule has 1 aromatic carbocycles. The third-order valence-corrected chi connectivity index (χ3v) is 4.69. The first-order valence-electron chi connectivity index (χ1n) is 9.51. The fourth-order valence-corrected chi connectivity index (χ4v) is 2.99. The van der Waals surface area contributed by atoms with Crippen molar-refractivity contribution in [3.8, 4) is 0 Å². The third-order valence-electron chi connectivity index (χ3n) is 4.42. The Morgan fingerprint density at radius 3 is 2.90 bits per heavy atom. The molecule has 31 heavy (non-hydrogen) atoms. The predicted octanol–water partition coefficient (Wildman–Crippen LogP) is 3.92. The molecule has 0 aliphatic rings. The number of carbonyl (C=O) groups is 1. The minimum Gasteiger partial charge on any atom is -0.383 e. The van der Waals surface area contributed by atoms with Gasteiger partial charge >= 0.3 is 0 Å². The number of rotatable bonds is 9. The summed E-state index contributed by atoms with van der Waals surface area (Å²) in [6.07, 6.45) is 4.67. The van der Waals surface area contributed by atoms with E-state index in [1.54, 1.807) is 25.3 Å². The van der Waals surface area contributed by atoms with Crippen molar-refractivity contribution in [1.29, 1.82) is 0 Å². The van der Waals surface area contributed by atoms with E-state index in [2.05, 4.69) is 32.3 Å². The van der Waals surface area contributed by atoms with Crippen LogP contribution >= 0.6 is 11.6 Å². The van der Waals surface area contributed by atoms with E-state index in [0.717, 1.165) is 11.4 Å². The van der Waals surface area contributed by atoms with Crippen LogP contribution in [0.25, 0.3) is 0 Å². The van der Waals surface area contributed by atoms with Crippen molar-refractivity contribution in [3.63, 3.8) is 0 Å². The zero-order valence-corrected chi connectivity index (χ0v) is 18.3. The van der Waals surface area contributed by atoms with E-state index < -0.39 is 0 Å². The fourth-order valence-electron chi connectivity index (χ4n) is 2.86. The number of hydrogen-bond donors (Lipinski definition) is 2. The van der Waals surface area contributed by atoms with Crippen LogP contribution in [0.2, 0.25) is 5.02 Å². The molecule has 0 bridgehead atoms. The van der Waals surface area contributed by atoms with Crippen LogP contribution in [-0.2, 0) is 16.1 Å². The molecule has 9 nitrogen and oxygen atoms in total. The zero-order chi connectivity index (χ0) is 22.4. The average molecular weight is 442 g/mol. The Morgan fingerprint density at radius 2 is 2.16 bits per heavy atom. The van der Waals surface area contributed by atoms with Crippen molar-refractivity contribution >= 4 is 46.3 Å². The van der Waals surface area contributed by atoms with Gasteiger partial charge in [0.1, 0.15) is 5.02 Å². The minimum absolute atomic E-state index is 0.289. The molecule has 0 spiro atoms. The van der Waals surface area contributed by atoms with E-state index in [9.17, 15) is 4.79 Å². The molecule has 0 saturated carbocycles. The molecule has 2 aromatic heterocycles. The number of ether oxygens (including phenoxy) is 1. The number of methoxy groups -OCH3 is 1. The van der Waals surface area contributed by atoms with E-state index in [1.165, 1.54) is 12.3 Å². The van der Waals surface area contributed by atoms with E-state index >= 15 is 0 Å². The van der Waals surface area contributed by atoms with Crippen LogP contribution in [0.5, 0.6) is 0 Å². The molecule has 0 aliphatic carbocycles. The summed E-state index contributed by atoms with van der Waals surface area (Å²) in [5, 5.41) is 10.8. The molecular formula is C21H24ClN7O2. The van der Waals surface area contributed by atoms with Crippen LogP contribution in [0.15, 0.2) is 49.3 Å². The van der Waals surface area contributed by atoms with E-state index in [-0.39, 0.29) is 5.91 Å². The number of carbonyl (C=O) groups excluding carboxylic acids is 1. The van der Waals surface area contributed by atoms with Gasteiger partial charge in [0.05, 0.1) is 30.7 Å². The average Bonchev–Trinajstić information content (AvgIpc) is 3.13. The SMILES string of the molecule is C=CC(=O)Nc1cccc(Nc2nc(N(C)c3cn(CCOC)nc3C)ncc2Cl)c1. The molecule has 2 N–H and O–H groups in total. The molecule has 1 amide bonds. The third kappa shape index (κ3) is 5.59. The van der Waals surface area contributed by atoms with Gasteiger partial charge in [0, 0.05) is 31.7 Å². The first kappa shape index (κ1) is 22.3. The van der Waals surface area contributed by atoms with Crippen molar-refractivity contribution in [3.05, 3.63) is 60.0 Å². The van der Waals surface area contributed by atoms with E-state index in [1.807, 2.05) is 35.8 Å². The summed E-state index contributed by atoms with van der Waals surface area (Å²) in [4.78, 5) is 22.3. The van der Waals surface area contributed by atoms with Crippen LogP contribution < -0.4 is 15.5 Å². The molecule has 0 saturated heterocycles. The lowest BCUT2D eigenvalue weighted by Gasteiger charge is -2.17. The highest BCUT2D eigenvalue weighted by Crippen LogP contribution is 2.29. The molecule has 0 unspecified atom stereocenters.